The molecule has 5 nitrogen and oxygen atoms in total. The molecule has 0 bridgehead atoms. The van der Waals surface area contributed by atoms with Crippen molar-refractivity contribution in [3.63, 3.8) is 0 Å². The fourth-order valence-corrected chi connectivity index (χ4v) is 3.39. The second-order valence-electron chi connectivity index (χ2n) is 6.33. The average molecular weight is 400 g/mol. The molecular formula is C18H19F3N2O3S. The summed E-state index contributed by atoms with van der Waals surface area (Å²) < 4.78 is 37.9. The van der Waals surface area contributed by atoms with E-state index in [1.54, 1.807) is 5.38 Å². The number of nitrogens with one attached hydrogen (secondary N) is 1. The number of carbonyl (C=O) groups is 2. The van der Waals surface area contributed by atoms with Gasteiger partial charge in [-0.15, -0.1) is 11.3 Å². The predicted octanol–water partition coefficient (Wildman–Crippen LogP) is 4.13. The zero-order valence-corrected chi connectivity index (χ0v) is 15.6. The lowest BCUT2D eigenvalue weighted by Gasteiger charge is -2.25. The fourth-order valence-electron chi connectivity index (χ4n) is 2.56. The van der Waals surface area contributed by atoms with Crippen LogP contribution in [0.1, 0.15) is 37.9 Å². The molecule has 27 heavy (non-hydrogen) atoms. The molecule has 0 fully saturated rings. The van der Waals surface area contributed by atoms with Gasteiger partial charge in [-0.05, 0) is 25.5 Å². The quantitative estimate of drug-likeness (QED) is 0.732. The van der Waals surface area contributed by atoms with Crippen LogP contribution in [-0.2, 0) is 22.2 Å². The van der Waals surface area contributed by atoms with Gasteiger partial charge in [-0.1, -0.05) is 25.5 Å². The number of halogens is 3. The minimum atomic E-state index is -4.40. The first-order chi connectivity index (χ1) is 12.5. The van der Waals surface area contributed by atoms with Gasteiger partial charge in [0.2, 0.25) is 5.91 Å². The predicted molar refractivity (Wildman–Crippen MR) is 95.3 cm³/mol. The van der Waals surface area contributed by atoms with Gasteiger partial charge in [-0.2, -0.15) is 13.2 Å². The molecule has 0 aliphatic rings. The molecule has 2 rings (SSSR count). The summed E-state index contributed by atoms with van der Waals surface area (Å²) in [5, 5.41) is 13.9. The van der Waals surface area contributed by atoms with Crippen LogP contribution in [0.2, 0.25) is 0 Å². The lowest BCUT2D eigenvalue weighted by Crippen LogP contribution is -2.52. The van der Waals surface area contributed by atoms with E-state index in [1.165, 1.54) is 30.4 Å². The van der Waals surface area contributed by atoms with Crippen molar-refractivity contribution in [3.05, 3.63) is 40.9 Å². The highest BCUT2D eigenvalue weighted by Crippen LogP contribution is 2.31. The summed E-state index contributed by atoms with van der Waals surface area (Å²) in [7, 11) is 0. The van der Waals surface area contributed by atoms with Gasteiger partial charge in [0.05, 0.1) is 17.7 Å². The van der Waals surface area contributed by atoms with Gasteiger partial charge in [-0.3, -0.25) is 4.79 Å². The third-order valence-corrected chi connectivity index (χ3v) is 4.93. The number of carboxylic acid groups (broad SMARTS) is 1. The third-order valence-electron chi connectivity index (χ3n) is 3.99. The van der Waals surface area contributed by atoms with Crippen LogP contribution in [0.15, 0.2) is 29.6 Å². The first kappa shape index (κ1) is 20.9. The minimum absolute atomic E-state index is 0.107. The third kappa shape index (κ3) is 5.29. The van der Waals surface area contributed by atoms with Crippen molar-refractivity contribution in [1.29, 1.82) is 0 Å². The van der Waals surface area contributed by atoms with Crippen LogP contribution in [0, 0.1) is 0 Å². The van der Waals surface area contributed by atoms with E-state index in [1.807, 2.05) is 6.92 Å². The van der Waals surface area contributed by atoms with Crippen molar-refractivity contribution in [3.8, 4) is 10.6 Å². The summed E-state index contributed by atoms with van der Waals surface area (Å²) in [5.41, 5.74) is -1.15. The molecule has 2 N–H and O–H groups in total. The summed E-state index contributed by atoms with van der Waals surface area (Å²) in [6, 6.07) is 4.61. The van der Waals surface area contributed by atoms with Gasteiger partial charge in [0.15, 0.2) is 0 Å². The number of aliphatic carboxylic acids is 1. The van der Waals surface area contributed by atoms with Crippen molar-refractivity contribution >= 4 is 23.2 Å². The molecule has 146 valence electrons. The van der Waals surface area contributed by atoms with Gasteiger partial charge in [0.1, 0.15) is 10.5 Å². The number of hydrogen-bond donors (Lipinski definition) is 2. The van der Waals surface area contributed by atoms with E-state index in [0.717, 1.165) is 12.1 Å². The van der Waals surface area contributed by atoms with E-state index in [0.29, 0.717) is 29.1 Å². The highest BCUT2D eigenvalue weighted by molar-refractivity contribution is 7.13. The Bertz CT molecular complexity index is 818. The maximum atomic E-state index is 12.6. The first-order valence-corrected chi connectivity index (χ1v) is 9.09. The zero-order valence-electron chi connectivity index (χ0n) is 14.8. The molecule has 9 heteroatoms. The Labute approximate surface area is 158 Å². The van der Waals surface area contributed by atoms with Gasteiger partial charge in [0.25, 0.3) is 0 Å². The Hall–Kier alpha value is -2.42. The molecule has 1 unspecified atom stereocenters. The van der Waals surface area contributed by atoms with Crippen molar-refractivity contribution in [2.24, 2.45) is 0 Å². The summed E-state index contributed by atoms with van der Waals surface area (Å²) in [4.78, 5) is 27.8. The number of carbonyl (C=O) groups excluding carboxylic acids is 1. The Morgan fingerprint density at radius 1 is 1.22 bits per heavy atom. The van der Waals surface area contributed by atoms with Crippen LogP contribution in [0.4, 0.5) is 13.2 Å². The van der Waals surface area contributed by atoms with Crippen molar-refractivity contribution in [1.82, 2.24) is 10.3 Å². The molecule has 0 radical (unpaired) electrons. The number of thiazole rings is 1. The van der Waals surface area contributed by atoms with Gasteiger partial charge < -0.3 is 10.4 Å². The topological polar surface area (TPSA) is 79.3 Å². The number of alkyl halides is 3. The molecule has 0 saturated carbocycles. The number of rotatable bonds is 7. The van der Waals surface area contributed by atoms with Crippen LogP contribution in [0.25, 0.3) is 10.6 Å². The maximum Gasteiger partial charge on any atom is 0.416 e. The number of carboxylic acids is 1. The van der Waals surface area contributed by atoms with Crippen molar-refractivity contribution in [2.45, 2.75) is 44.8 Å². The Morgan fingerprint density at radius 2 is 1.85 bits per heavy atom. The molecule has 1 aromatic heterocycles. The second kappa shape index (κ2) is 8.08. The van der Waals surface area contributed by atoms with Gasteiger partial charge >= 0.3 is 12.1 Å². The highest BCUT2D eigenvalue weighted by atomic mass is 32.1. The van der Waals surface area contributed by atoms with Gasteiger partial charge in [-0.25, -0.2) is 9.78 Å². The van der Waals surface area contributed by atoms with E-state index in [2.05, 4.69) is 10.3 Å². The Balaban J connectivity index is 2.07. The number of benzene rings is 1. The van der Waals surface area contributed by atoms with E-state index in [9.17, 15) is 27.9 Å². The monoisotopic (exact) mass is 400 g/mol. The normalized spacial score (nSPS) is 13.8. The van der Waals surface area contributed by atoms with Crippen LogP contribution in [0.3, 0.4) is 0 Å². The van der Waals surface area contributed by atoms with Crippen LogP contribution in [-0.4, -0.2) is 27.5 Å². The number of aromatic nitrogens is 1. The molecule has 2 aromatic rings. The fraction of sp³-hybridized carbons (Fsp3) is 0.389. The van der Waals surface area contributed by atoms with Gasteiger partial charge in [0, 0.05) is 10.9 Å². The van der Waals surface area contributed by atoms with E-state index in [-0.39, 0.29) is 6.42 Å². The molecule has 0 spiro atoms. The van der Waals surface area contributed by atoms with Crippen LogP contribution >= 0.6 is 11.3 Å². The van der Waals surface area contributed by atoms with Crippen molar-refractivity contribution < 1.29 is 27.9 Å². The number of hydrogen-bond acceptors (Lipinski definition) is 4. The summed E-state index contributed by atoms with van der Waals surface area (Å²) in [6.45, 7) is 3.27. The van der Waals surface area contributed by atoms with E-state index in [4.69, 9.17) is 0 Å². The molecule has 0 aliphatic heterocycles. The molecule has 0 aliphatic carbocycles. The minimum Gasteiger partial charge on any atom is -0.480 e. The van der Waals surface area contributed by atoms with Crippen LogP contribution < -0.4 is 5.32 Å². The maximum absolute atomic E-state index is 12.6. The molecular weight excluding hydrogens is 381 g/mol. The smallest absolute Gasteiger partial charge is 0.416 e. The molecule has 1 atom stereocenters. The second-order valence-corrected chi connectivity index (χ2v) is 7.19. The average Bonchev–Trinajstić information content (AvgIpc) is 3.02. The number of amides is 1. The lowest BCUT2D eigenvalue weighted by molar-refractivity contribution is -0.147. The van der Waals surface area contributed by atoms with E-state index < -0.39 is 29.2 Å². The summed E-state index contributed by atoms with van der Waals surface area (Å²) in [5.74, 6) is -1.58. The van der Waals surface area contributed by atoms with Crippen molar-refractivity contribution in [2.75, 3.05) is 0 Å². The summed E-state index contributed by atoms with van der Waals surface area (Å²) >= 11 is 1.20. The van der Waals surface area contributed by atoms with Crippen LogP contribution in [0.5, 0.6) is 0 Å². The first-order valence-electron chi connectivity index (χ1n) is 8.21. The summed E-state index contributed by atoms with van der Waals surface area (Å²) in [6.07, 6.45) is -3.62. The Kier molecular flexibility index (Phi) is 6.25. The largest absolute Gasteiger partial charge is 0.480 e. The Morgan fingerprint density at radius 3 is 2.37 bits per heavy atom. The standard InChI is InChI=1S/C18H19F3N2O3S/c1-3-8-17(2,16(25)26)23-14(24)9-13-10-27-15(22-13)11-4-6-12(7-5-11)18(19,20)21/h4-7,10H,3,8-9H2,1-2H3,(H,23,24)(H,25,26). The molecule has 1 heterocycles. The van der Waals surface area contributed by atoms with E-state index >= 15 is 0 Å². The molecule has 0 saturated heterocycles. The SMILES string of the molecule is CCCC(C)(NC(=O)Cc1csc(-c2ccc(C(F)(F)F)cc2)n1)C(=O)O. The highest BCUT2D eigenvalue weighted by Gasteiger charge is 2.34. The zero-order chi connectivity index (χ0) is 20.2. The molecule has 1 amide bonds. The molecule has 1 aromatic carbocycles. The number of nitrogens with zero attached hydrogens (tertiary/aromatic N) is 1. The lowest BCUT2D eigenvalue weighted by atomic mass is 9.96.